The lowest BCUT2D eigenvalue weighted by molar-refractivity contribution is -0.438. The van der Waals surface area contributed by atoms with Crippen molar-refractivity contribution in [1.29, 1.82) is 0 Å². The van der Waals surface area contributed by atoms with Crippen LogP contribution in [0, 0.1) is 0 Å². The Balaban J connectivity index is 1.31. The third-order valence-electron chi connectivity index (χ3n) is 11.7. The van der Waals surface area contributed by atoms with Crippen molar-refractivity contribution in [2.24, 2.45) is 0 Å². The van der Waals surface area contributed by atoms with Crippen molar-refractivity contribution >= 4 is 53.9 Å². The maximum Gasteiger partial charge on any atom is 0.264 e. The Morgan fingerprint density at radius 3 is 2.21 bits per heavy atom. The minimum absolute atomic E-state index is 0.260. The number of hydrogen-bond donors (Lipinski definition) is 3. The van der Waals surface area contributed by atoms with Crippen molar-refractivity contribution in [2.75, 3.05) is 29.5 Å². The van der Waals surface area contributed by atoms with Crippen LogP contribution >= 0.6 is 0 Å². The number of aromatic nitrogens is 3. The number of anilines is 1. The van der Waals surface area contributed by atoms with Crippen molar-refractivity contribution in [1.82, 2.24) is 15.4 Å². The van der Waals surface area contributed by atoms with Gasteiger partial charge in [-0.2, -0.15) is 36.8 Å². The van der Waals surface area contributed by atoms with Crippen LogP contribution in [0.3, 0.4) is 0 Å². The maximum atomic E-state index is 11.5. The second-order valence-electron chi connectivity index (χ2n) is 16.3. The minimum atomic E-state index is -4.03. The van der Waals surface area contributed by atoms with E-state index >= 15 is 0 Å². The van der Waals surface area contributed by atoms with Gasteiger partial charge in [0.15, 0.2) is 5.71 Å². The Labute approximate surface area is 336 Å². The van der Waals surface area contributed by atoms with Crippen molar-refractivity contribution < 1.29 is 30.5 Å². The average molecular weight is 811 g/mol. The Morgan fingerprint density at radius 1 is 0.772 bits per heavy atom. The zero-order valence-corrected chi connectivity index (χ0v) is 34.7. The van der Waals surface area contributed by atoms with Crippen LogP contribution in [0.5, 0.6) is 0 Å². The number of fused-ring (bicyclic) bond motifs is 3. The highest BCUT2D eigenvalue weighted by molar-refractivity contribution is 7.86. The molecule has 7 rings (SSSR count). The largest absolute Gasteiger partial charge is 0.344 e. The Bertz CT molecular complexity index is 2580. The Kier molecular flexibility index (Phi) is 11.3. The number of benzene rings is 3. The van der Waals surface area contributed by atoms with Crippen LogP contribution in [0.15, 0.2) is 108 Å². The van der Waals surface area contributed by atoms with Crippen LogP contribution in [0.4, 0.5) is 11.4 Å². The van der Waals surface area contributed by atoms with E-state index in [-0.39, 0.29) is 22.3 Å². The fourth-order valence-electron chi connectivity index (χ4n) is 8.86. The van der Waals surface area contributed by atoms with Crippen LogP contribution in [0.1, 0.15) is 89.3 Å². The van der Waals surface area contributed by atoms with Gasteiger partial charge in [-0.05, 0) is 104 Å². The van der Waals surface area contributed by atoms with Gasteiger partial charge in [0, 0.05) is 47.5 Å². The van der Waals surface area contributed by atoms with E-state index in [9.17, 15) is 25.9 Å². The van der Waals surface area contributed by atoms with Gasteiger partial charge in [-0.15, -0.1) is 0 Å². The van der Waals surface area contributed by atoms with E-state index in [0.29, 0.717) is 38.8 Å². The Hall–Kier alpha value is -4.69. The molecular weight excluding hydrogens is 759 g/mol. The second kappa shape index (κ2) is 15.9. The summed E-state index contributed by atoms with van der Waals surface area (Å²) in [5, 5.41) is 11.5. The number of allylic oxidation sites excluding steroid dienone is 8. The standard InChI is InChI=1S/C44H51N5O6S2/c1-43(2)34-16-5-7-18-38(34)48(26-9-11-28-56(50,51)52)40(43)24-21-31-14-13-15-32(42(31)33-20-23-36-37(30-33)46-47-45-36)22-25-41-44(3,4)35-17-6-8-19-39(35)49(41)27-10-12-29-57(53,54)55/h5-8,16-25,30H,9-15,26-29H2,1-4H3,(H2,50,51,52,53,54,55)/p+1/b31-21+,40-24+. The molecule has 0 amide bonds. The van der Waals surface area contributed by atoms with Gasteiger partial charge in [0.2, 0.25) is 5.69 Å². The zero-order valence-electron chi connectivity index (χ0n) is 33.1. The molecular formula is C44H52N5O6S2+. The SMILES string of the molecule is CC1(C)C(/C=C/C2=C(c3ccc4n[nH]nc4c3)C(=C/C=C3/N(CCCCS(=O)(=O)O)c4ccccc4C3(C)C)/CCC2)=[N+](CCCCS(=O)(=O)O)c2ccccc21. The summed E-state index contributed by atoms with van der Waals surface area (Å²) in [6, 6.07) is 22.9. The van der Waals surface area contributed by atoms with Crippen LogP contribution in [-0.4, -0.2) is 76.2 Å². The van der Waals surface area contributed by atoms with Gasteiger partial charge in [-0.1, -0.05) is 68.5 Å². The Morgan fingerprint density at radius 2 is 1.46 bits per heavy atom. The van der Waals surface area contributed by atoms with E-state index < -0.39 is 20.2 Å². The molecule has 0 atom stereocenters. The summed E-state index contributed by atoms with van der Waals surface area (Å²) in [6.07, 6.45) is 13.6. The molecule has 3 aromatic carbocycles. The number of nitrogens with one attached hydrogen (secondary N) is 1. The van der Waals surface area contributed by atoms with Crippen molar-refractivity contribution in [3.05, 3.63) is 125 Å². The number of hydrogen-bond acceptors (Lipinski definition) is 7. The summed E-state index contributed by atoms with van der Waals surface area (Å²) < 4.78 is 66.9. The van der Waals surface area contributed by atoms with Crippen LogP contribution in [0.2, 0.25) is 0 Å². The average Bonchev–Trinajstić information content (AvgIpc) is 3.78. The summed E-state index contributed by atoms with van der Waals surface area (Å²) >= 11 is 0. The predicted molar refractivity (Wildman–Crippen MR) is 227 cm³/mol. The number of para-hydroxylation sites is 2. The molecule has 4 aromatic rings. The molecule has 0 saturated carbocycles. The molecule has 3 aliphatic rings. The highest BCUT2D eigenvalue weighted by Crippen LogP contribution is 2.48. The van der Waals surface area contributed by atoms with Gasteiger partial charge < -0.3 is 4.90 Å². The van der Waals surface area contributed by atoms with Crippen LogP contribution < -0.4 is 4.90 Å². The number of H-pyrrole nitrogens is 1. The highest BCUT2D eigenvalue weighted by atomic mass is 32.2. The molecule has 0 bridgehead atoms. The molecule has 0 saturated heterocycles. The molecule has 2 aliphatic heterocycles. The molecule has 0 spiro atoms. The zero-order chi connectivity index (χ0) is 40.6. The van der Waals surface area contributed by atoms with Gasteiger partial charge in [-0.3, -0.25) is 9.11 Å². The first-order valence-corrected chi connectivity index (χ1v) is 22.9. The fourth-order valence-corrected chi connectivity index (χ4v) is 9.99. The third kappa shape index (κ3) is 8.62. The third-order valence-corrected chi connectivity index (χ3v) is 13.3. The molecule has 0 fully saturated rings. The van der Waals surface area contributed by atoms with E-state index in [4.69, 9.17) is 0 Å². The first-order valence-electron chi connectivity index (χ1n) is 19.7. The molecule has 13 heteroatoms. The van der Waals surface area contributed by atoms with E-state index in [1.807, 2.05) is 18.2 Å². The van der Waals surface area contributed by atoms with Gasteiger partial charge in [0.25, 0.3) is 20.2 Å². The quantitative estimate of drug-likeness (QED) is 0.0646. The van der Waals surface area contributed by atoms with E-state index in [1.165, 1.54) is 22.3 Å². The monoisotopic (exact) mass is 810 g/mol. The molecule has 0 unspecified atom stereocenters. The van der Waals surface area contributed by atoms with Gasteiger partial charge in [-0.25, -0.2) is 0 Å². The van der Waals surface area contributed by atoms with E-state index in [2.05, 4.69) is 125 Å². The molecule has 3 N–H and O–H groups in total. The lowest BCUT2D eigenvalue weighted by Gasteiger charge is -2.28. The van der Waals surface area contributed by atoms with Crippen LogP contribution in [0.25, 0.3) is 16.6 Å². The minimum Gasteiger partial charge on any atom is -0.344 e. The fraction of sp³-hybridized carbons (Fsp3) is 0.386. The molecule has 11 nitrogen and oxygen atoms in total. The smallest absolute Gasteiger partial charge is 0.264 e. The van der Waals surface area contributed by atoms with Crippen molar-refractivity contribution in [3.8, 4) is 0 Å². The number of aromatic amines is 1. The number of rotatable bonds is 14. The summed E-state index contributed by atoms with van der Waals surface area (Å²) in [6.45, 7) is 10.1. The van der Waals surface area contributed by atoms with Crippen LogP contribution in [-0.2, 0) is 31.1 Å². The normalized spacial score (nSPS) is 19.4. The summed E-state index contributed by atoms with van der Waals surface area (Å²) in [5.41, 5.74) is 12.5. The molecule has 1 aliphatic carbocycles. The lowest BCUT2D eigenvalue weighted by atomic mass is 9.79. The van der Waals surface area contributed by atoms with E-state index in [1.54, 1.807) is 0 Å². The summed E-state index contributed by atoms with van der Waals surface area (Å²) in [5.74, 6) is -0.521. The first kappa shape index (κ1) is 40.5. The highest BCUT2D eigenvalue weighted by Gasteiger charge is 2.44. The van der Waals surface area contributed by atoms with Gasteiger partial charge in [0.05, 0.1) is 16.9 Å². The number of unbranched alkanes of at least 4 members (excludes halogenated alkanes) is 2. The summed E-state index contributed by atoms with van der Waals surface area (Å²) in [4.78, 5) is 2.30. The second-order valence-corrected chi connectivity index (χ2v) is 19.5. The molecule has 1 aromatic heterocycles. The summed E-state index contributed by atoms with van der Waals surface area (Å²) in [7, 11) is -8.06. The molecule has 0 radical (unpaired) electrons. The molecule has 300 valence electrons. The topological polar surface area (TPSA) is 157 Å². The van der Waals surface area contributed by atoms with Gasteiger partial charge in [0.1, 0.15) is 17.6 Å². The van der Waals surface area contributed by atoms with Crippen molar-refractivity contribution in [2.45, 2.75) is 83.5 Å². The first-order chi connectivity index (χ1) is 27.0. The molecule has 3 heterocycles. The molecule has 57 heavy (non-hydrogen) atoms. The maximum absolute atomic E-state index is 11.5. The van der Waals surface area contributed by atoms with Crippen molar-refractivity contribution in [3.63, 3.8) is 0 Å². The number of nitrogens with zero attached hydrogens (tertiary/aromatic N) is 4. The van der Waals surface area contributed by atoms with E-state index in [0.717, 1.165) is 64.2 Å². The van der Waals surface area contributed by atoms with Gasteiger partial charge >= 0.3 is 0 Å². The lowest BCUT2D eigenvalue weighted by Crippen LogP contribution is -2.28. The predicted octanol–water partition coefficient (Wildman–Crippen LogP) is 8.47.